The Kier molecular flexibility index (Phi) is 2.38. The van der Waals surface area contributed by atoms with Gasteiger partial charge in [0.2, 0.25) is 0 Å². The average Bonchev–Trinajstić information content (AvgIpc) is 2.13. The van der Waals surface area contributed by atoms with Crippen molar-refractivity contribution in [3.63, 3.8) is 0 Å². The summed E-state index contributed by atoms with van der Waals surface area (Å²) in [4.78, 5) is 12.4. The maximum Gasteiger partial charge on any atom is 0.410 e. The van der Waals surface area contributed by atoms with Crippen molar-refractivity contribution in [2.24, 2.45) is 0 Å². The van der Waals surface area contributed by atoms with Crippen molar-refractivity contribution in [1.29, 1.82) is 0 Å². The Morgan fingerprint density at radius 2 is 2.60 bits per heavy atom. The van der Waals surface area contributed by atoms with Gasteiger partial charge in [-0.1, -0.05) is 0 Å². The summed E-state index contributed by atoms with van der Waals surface area (Å²) in [6, 6.07) is 0. The van der Waals surface area contributed by atoms with E-state index in [-0.39, 0.29) is 12.2 Å². The van der Waals surface area contributed by atoms with Crippen LogP contribution in [0, 0.1) is 0 Å². The molecule has 0 aromatic heterocycles. The molecule has 0 aromatic rings. The molecule has 0 aliphatic carbocycles. The Labute approximate surface area is 64.9 Å². The maximum absolute atomic E-state index is 10.8. The third-order valence-corrected chi connectivity index (χ3v) is 1.56. The largest absolute Gasteiger partial charge is 0.445 e. The molecule has 10 heavy (non-hydrogen) atoms. The predicted molar refractivity (Wildman–Crippen MR) is 38.2 cm³/mol. The number of carbonyl (C=O) groups excluding carboxylic acids is 1. The van der Waals surface area contributed by atoms with Crippen LogP contribution in [0.5, 0.6) is 0 Å². The Morgan fingerprint density at radius 1 is 1.90 bits per heavy atom. The van der Waals surface area contributed by atoms with Crippen molar-refractivity contribution in [3.05, 3.63) is 0 Å². The summed E-state index contributed by atoms with van der Waals surface area (Å²) < 4.78 is 4.85. The summed E-state index contributed by atoms with van der Waals surface area (Å²) in [7, 11) is 0. The fourth-order valence-electron chi connectivity index (χ4n) is 0.953. The van der Waals surface area contributed by atoms with Gasteiger partial charge in [-0.05, 0) is 6.92 Å². The lowest BCUT2D eigenvalue weighted by Crippen LogP contribution is -2.26. The number of hydrogen-bond donors (Lipinski definition) is 0. The van der Waals surface area contributed by atoms with Crippen LogP contribution < -0.4 is 0 Å². The van der Waals surface area contributed by atoms with Gasteiger partial charge in [-0.25, -0.2) is 4.79 Å². The summed E-state index contributed by atoms with van der Waals surface area (Å²) in [5.41, 5.74) is 0. The fourth-order valence-corrected chi connectivity index (χ4v) is 1.16. The van der Waals surface area contributed by atoms with Crippen LogP contribution >= 0.6 is 11.6 Å². The summed E-state index contributed by atoms with van der Waals surface area (Å²) >= 11 is 5.45. The van der Waals surface area contributed by atoms with E-state index in [0.717, 1.165) is 0 Å². The molecule has 0 radical (unpaired) electrons. The first-order chi connectivity index (χ1) is 4.74. The zero-order chi connectivity index (χ0) is 7.56. The molecule has 0 N–H and O–H groups in total. The van der Waals surface area contributed by atoms with Gasteiger partial charge in [-0.3, -0.25) is 0 Å². The first-order valence-corrected chi connectivity index (χ1v) is 3.79. The zero-order valence-electron chi connectivity index (χ0n) is 5.84. The van der Waals surface area contributed by atoms with E-state index in [1.165, 1.54) is 0 Å². The Hall–Kier alpha value is -0.440. The van der Waals surface area contributed by atoms with Crippen molar-refractivity contribution >= 4 is 17.7 Å². The number of halogens is 1. The molecule has 0 unspecified atom stereocenters. The van der Waals surface area contributed by atoms with Crippen molar-refractivity contribution in [3.8, 4) is 0 Å². The SMILES string of the molecule is C[C@H]1CN(CCCl)C(=O)O1. The standard InChI is InChI=1S/C6H10ClNO2/c1-5-4-8(3-2-7)6(9)10-5/h5H,2-4H2,1H3/t5-/m0/s1. The maximum atomic E-state index is 10.8. The molecule has 3 nitrogen and oxygen atoms in total. The van der Waals surface area contributed by atoms with Crippen LogP contribution in [0.25, 0.3) is 0 Å². The van der Waals surface area contributed by atoms with E-state index in [1.54, 1.807) is 4.90 Å². The van der Waals surface area contributed by atoms with Crippen LogP contribution in [0.2, 0.25) is 0 Å². The van der Waals surface area contributed by atoms with Crippen LogP contribution in [-0.4, -0.2) is 36.1 Å². The number of nitrogens with zero attached hydrogens (tertiary/aromatic N) is 1. The van der Waals surface area contributed by atoms with E-state index in [1.807, 2.05) is 6.92 Å². The second-order valence-corrected chi connectivity index (χ2v) is 2.71. The summed E-state index contributed by atoms with van der Waals surface area (Å²) in [5, 5.41) is 0. The average molecular weight is 164 g/mol. The van der Waals surface area contributed by atoms with Gasteiger partial charge in [-0.15, -0.1) is 11.6 Å². The fraction of sp³-hybridized carbons (Fsp3) is 0.833. The van der Waals surface area contributed by atoms with Gasteiger partial charge in [0, 0.05) is 12.4 Å². The molecule has 0 spiro atoms. The molecule has 1 aliphatic heterocycles. The van der Waals surface area contributed by atoms with E-state index in [0.29, 0.717) is 19.0 Å². The second-order valence-electron chi connectivity index (χ2n) is 2.33. The molecule has 1 aliphatic rings. The topological polar surface area (TPSA) is 29.5 Å². The quantitative estimate of drug-likeness (QED) is 0.570. The van der Waals surface area contributed by atoms with Gasteiger partial charge >= 0.3 is 6.09 Å². The number of cyclic esters (lactones) is 1. The van der Waals surface area contributed by atoms with Crippen molar-refractivity contribution in [2.75, 3.05) is 19.0 Å². The third kappa shape index (κ3) is 1.53. The molecule has 0 aromatic carbocycles. The molecule has 1 saturated heterocycles. The van der Waals surface area contributed by atoms with E-state index >= 15 is 0 Å². The number of ether oxygens (including phenoxy) is 1. The molecule has 0 saturated carbocycles. The highest BCUT2D eigenvalue weighted by Crippen LogP contribution is 2.09. The van der Waals surface area contributed by atoms with E-state index in [9.17, 15) is 4.79 Å². The molecule has 1 amide bonds. The number of hydrogen-bond acceptors (Lipinski definition) is 2. The highest BCUT2D eigenvalue weighted by molar-refractivity contribution is 6.18. The van der Waals surface area contributed by atoms with E-state index in [4.69, 9.17) is 16.3 Å². The summed E-state index contributed by atoms with van der Waals surface area (Å²) in [5.74, 6) is 0.474. The number of amides is 1. The van der Waals surface area contributed by atoms with Gasteiger partial charge < -0.3 is 9.64 Å². The minimum Gasteiger partial charge on any atom is -0.445 e. The second kappa shape index (κ2) is 3.10. The molecule has 58 valence electrons. The minimum atomic E-state index is -0.242. The van der Waals surface area contributed by atoms with Crippen LogP contribution in [-0.2, 0) is 4.74 Å². The molecular formula is C6H10ClNO2. The summed E-state index contributed by atoms with van der Waals surface area (Å²) in [6.07, 6.45) is -0.219. The van der Waals surface area contributed by atoms with E-state index in [2.05, 4.69) is 0 Å². The smallest absolute Gasteiger partial charge is 0.410 e. The monoisotopic (exact) mass is 163 g/mol. The lowest BCUT2D eigenvalue weighted by Gasteiger charge is -2.08. The van der Waals surface area contributed by atoms with Crippen molar-refractivity contribution < 1.29 is 9.53 Å². The molecule has 4 heteroatoms. The number of carbonyl (C=O) groups is 1. The highest BCUT2D eigenvalue weighted by atomic mass is 35.5. The van der Waals surface area contributed by atoms with Gasteiger partial charge in [-0.2, -0.15) is 0 Å². The Bertz CT molecular complexity index is 140. The van der Waals surface area contributed by atoms with Gasteiger partial charge in [0.1, 0.15) is 6.10 Å². The lowest BCUT2D eigenvalue weighted by molar-refractivity contribution is 0.139. The third-order valence-electron chi connectivity index (χ3n) is 1.39. The van der Waals surface area contributed by atoms with E-state index < -0.39 is 0 Å². The van der Waals surface area contributed by atoms with Crippen LogP contribution in [0.1, 0.15) is 6.92 Å². The molecule has 1 fully saturated rings. The zero-order valence-corrected chi connectivity index (χ0v) is 6.60. The van der Waals surface area contributed by atoms with Gasteiger partial charge in [0.05, 0.1) is 6.54 Å². The number of rotatable bonds is 2. The number of alkyl halides is 1. The van der Waals surface area contributed by atoms with Crippen LogP contribution in [0.3, 0.4) is 0 Å². The van der Waals surface area contributed by atoms with Gasteiger partial charge in [0.15, 0.2) is 0 Å². The van der Waals surface area contributed by atoms with Crippen LogP contribution in [0.4, 0.5) is 4.79 Å². The summed E-state index contributed by atoms with van der Waals surface area (Å²) in [6.45, 7) is 3.13. The Morgan fingerprint density at radius 3 is 3.00 bits per heavy atom. The predicted octanol–water partition coefficient (Wildman–Crippen LogP) is 1.07. The molecule has 0 bridgehead atoms. The minimum absolute atomic E-state index is 0.0238. The normalized spacial score (nSPS) is 25.2. The first-order valence-electron chi connectivity index (χ1n) is 3.25. The first kappa shape index (κ1) is 7.66. The van der Waals surface area contributed by atoms with Crippen LogP contribution in [0.15, 0.2) is 0 Å². The molecular weight excluding hydrogens is 154 g/mol. The van der Waals surface area contributed by atoms with Crippen molar-refractivity contribution in [1.82, 2.24) is 4.90 Å². The lowest BCUT2D eigenvalue weighted by atomic mass is 10.4. The molecule has 1 heterocycles. The van der Waals surface area contributed by atoms with Gasteiger partial charge in [0.25, 0.3) is 0 Å². The Balaban J connectivity index is 2.39. The highest BCUT2D eigenvalue weighted by Gasteiger charge is 2.26. The molecule has 1 rings (SSSR count). The molecule has 1 atom stereocenters. The van der Waals surface area contributed by atoms with Crippen molar-refractivity contribution in [2.45, 2.75) is 13.0 Å².